The van der Waals surface area contributed by atoms with E-state index < -0.39 is 0 Å². The molecule has 0 amide bonds. The van der Waals surface area contributed by atoms with Gasteiger partial charge in [0.2, 0.25) is 0 Å². The second-order valence-electron chi connectivity index (χ2n) is 25.8. The Morgan fingerprint density at radius 1 is 0.312 bits per heavy atom. The Morgan fingerprint density at radius 3 is 1.05 bits per heavy atom. The maximum Gasteiger partial charge on any atom is 0.164 e. The van der Waals surface area contributed by atoms with E-state index in [1.807, 2.05) is 24.3 Å². The predicted octanol–water partition coefficient (Wildman–Crippen LogP) is 19.5. The van der Waals surface area contributed by atoms with Crippen LogP contribution in [-0.2, 0) is 21.7 Å². The summed E-state index contributed by atoms with van der Waals surface area (Å²) in [5, 5.41) is 14.5. The molecule has 0 fully saturated rings. The van der Waals surface area contributed by atoms with Crippen molar-refractivity contribution in [2.45, 2.75) is 105 Å². The molecule has 0 saturated heterocycles. The Morgan fingerprint density at radius 2 is 0.662 bits per heavy atom. The smallest absolute Gasteiger partial charge is 0.164 e. The van der Waals surface area contributed by atoms with Gasteiger partial charge in [-0.3, -0.25) is 0 Å². The Hall–Kier alpha value is -8.92. The van der Waals surface area contributed by atoms with Crippen molar-refractivity contribution in [2.24, 2.45) is 0 Å². The summed E-state index contributed by atoms with van der Waals surface area (Å²) in [5.74, 6) is 1.85. The molecule has 12 rings (SSSR count). The number of rotatable bonds is 7. The molecule has 0 radical (unpaired) electrons. The van der Waals surface area contributed by atoms with Crippen molar-refractivity contribution < 1.29 is 0 Å². The quantitative estimate of drug-likeness (QED) is 0.159. The number of fused-ring (bicyclic) bond motifs is 6. The molecule has 9 aromatic carbocycles. The molecule has 3 heterocycles. The van der Waals surface area contributed by atoms with Crippen LogP contribution in [0.15, 0.2) is 194 Å². The van der Waals surface area contributed by atoms with E-state index in [1.54, 1.807) is 0 Å². The third-order valence-electron chi connectivity index (χ3n) is 16.0. The molecule has 0 N–H and O–H groups in total. The van der Waals surface area contributed by atoms with Crippen LogP contribution in [0.1, 0.15) is 111 Å². The number of hydrogen-bond acceptors (Lipinski definition) is 4. The van der Waals surface area contributed by atoms with Crippen LogP contribution in [-0.4, -0.2) is 24.1 Å². The minimum Gasteiger partial charge on any atom is -0.309 e. The van der Waals surface area contributed by atoms with Crippen LogP contribution in [0.3, 0.4) is 0 Å². The van der Waals surface area contributed by atoms with E-state index >= 15 is 0 Å². The normalized spacial score (nSPS) is 12.5. The van der Waals surface area contributed by atoms with Gasteiger partial charge in [0.05, 0.1) is 45.1 Å². The van der Waals surface area contributed by atoms with Crippen LogP contribution in [0.2, 0.25) is 0 Å². The molecular formula is C74H68N6. The molecule has 6 heteroatoms. The lowest BCUT2D eigenvalue weighted by atomic mass is 9.79. The number of nitrogens with zero attached hydrogens (tertiary/aromatic N) is 6. The number of nitriles is 1. The van der Waals surface area contributed by atoms with Crippen LogP contribution < -0.4 is 0 Å². The van der Waals surface area contributed by atoms with Crippen LogP contribution in [0.5, 0.6) is 0 Å². The molecule has 0 aliphatic heterocycles. The topological polar surface area (TPSA) is 72.3 Å². The minimum atomic E-state index is -0.126. The largest absolute Gasteiger partial charge is 0.309 e. The monoisotopic (exact) mass is 1040 g/mol. The van der Waals surface area contributed by atoms with Gasteiger partial charge < -0.3 is 9.13 Å². The van der Waals surface area contributed by atoms with Crippen molar-refractivity contribution in [3.63, 3.8) is 0 Å². The zero-order valence-electron chi connectivity index (χ0n) is 48.2. The predicted molar refractivity (Wildman–Crippen MR) is 335 cm³/mol. The van der Waals surface area contributed by atoms with E-state index in [9.17, 15) is 5.26 Å². The van der Waals surface area contributed by atoms with Crippen molar-refractivity contribution in [2.75, 3.05) is 0 Å². The van der Waals surface area contributed by atoms with Gasteiger partial charge in [0, 0.05) is 49.4 Å². The summed E-state index contributed by atoms with van der Waals surface area (Å²) in [5.41, 5.74) is 18.4. The molecule has 394 valence electrons. The maximum absolute atomic E-state index is 9.81. The average Bonchev–Trinajstić information content (AvgIpc) is 4.02. The van der Waals surface area contributed by atoms with Crippen molar-refractivity contribution in [1.29, 1.82) is 5.26 Å². The summed E-state index contributed by atoms with van der Waals surface area (Å²) in [4.78, 5) is 16.7. The molecule has 0 bridgehead atoms. The first-order valence-electron chi connectivity index (χ1n) is 28.0. The fourth-order valence-electron chi connectivity index (χ4n) is 11.3. The lowest BCUT2D eigenvalue weighted by Crippen LogP contribution is -2.17. The van der Waals surface area contributed by atoms with Gasteiger partial charge in [-0.05, 0) is 140 Å². The molecule has 12 aromatic rings. The maximum atomic E-state index is 9.81. The van der Waals surface area contributed by atoms with Crippen molar-refractivity contribution in [1.82, 2.24) is 24.1 Å². The summed E-state index contributed by atoms with van der Waals surface area (Å²) in [6, 6.07) is 72.5. The molecule has 6 nitrogen and oxygen atoms in total. The standard InChI is InChI=1S/C74H68N6/c1-71(2,3)52-37-50(38-53(43-52)72(4,5)6)69-76-68(77-70(78-69)51-39-54(73(7,8)9)44-55(40-51)74(10,11)12)49-34-36-66(79-62-25-17-13-21-56(62)57-22-14-18-26-63(57)79)61(41-49)60-35-33-48(47-31-29-46(45-75)30-32-47)42-67(60)80-64-27-19-15-23-58(64)59-24-16-20-28-65(59)80/h13-44H,1-12H3. The van der Waals surface area contributed by atoms with E-state index in [0.717, 1.165) is 72.4 Å². The Balaban J connectivity index is 1.20. The van der Waals surface area contributed by atoms with Crippen LogP contribution in [0, 0.1) is 11.3 Å². The van der Waals surface area contributed by atoms with Gasteiger partial charge in [-0.2, -0.15) is 5.26 Å². The fraction of sp³-hybridized carbons (Fsp3) is 0.216. The van der Waals surface area contributed by atoms with Gasteiger partial charge in [-0.1, -0.05) is 192 Å². The van der Waals surface area contributed by atoms with Crippen LogP contribution in [0.25, 0.3) is 111 Å². The molecule has 0 aliphatic carbocycles. The molecule has 3 aromatic heterocycles. The highest BCUT2D eigenvalue weighted by Gasteiger charge is 2.27. The van der Waals surface area contributed by atoms with Gasteiger partial charge >= 0.3 is 0 Å². The first-order valence-corrected chi connectivity index (χ1v) is 28.0. The van der Waals surface area contributed by atoms with Gasteiger partial charge in [0.25, 0.3) is 0 Å². The summed E-state index contributed by atoms with van der Waals surface area (Å²) in [6.07, 6.45) is 0. The van der Waals surface area contributed by atoms with E-state index in [2.05, 4.69) is 268 Å². The van der Waals surface area contributed by atoms with E-state index in [4.69, 9.17) is 15.0 Å². The first kappa shape index (κ1) is 51.8. The van der Waals surface area contributed by atoms with Gasteiger partial charge in [-0.25, -0.2) is 15.0 Å². The molecule has 0 unspecified atom stereocenters. The molecular weight excluding hydrogens is 973 g/mol. The lowest BCUT2D eigenvalue weighted by molar-refractivity contribution is 0.568. The van der Waals surface area contributed by atoms with Gasteiger partial charge in [-0.15, -0.1) is 0 Å². The molecule has 0 aliphatic rings. The number of hydrogen-bond donors (Lipinski definition) is 0. The summed E-state index contributed by atoms with van der Waals surface area (Å²) >= 11 is 0. The highest BCUT2D eigenvalue weighted by atomic mass is 15.0. The average molecular weight is 1040 g/mol. The van der Waals surface area contributed by atoms with Crippen molar-refractivity contribution in [3.05, 3.63) is 222 Å². The highest BCUT2D eigenvalue weighted by molar-refractivity contribution is 6.11. The zero-order valence-corrected chi connectivity index (χ0v) is 48.2. The Labute approximate surface area is 471 Å². The van der Waals surface area contributed by atoms with Crippen LogP contribution >= 0.6 is 0 Å². The highest BCUT2D eigenvalue weighted by Crippen LogP contribution is 2.44. The number of para-hydroxylation sites is 4. The Bertz CT molecular complexity index is 4190. The summed E-state index contributed by atoms with van der Waals surface area (Å²) in [7, 11) is 0. The minimum absolute atomic E-state index is 0.126. The number of benzene rings is 9. The second-order valence-corrected chi connectivity index (χ2v) is 25.8. The van der Waals surface area contributed by atoms with E-state index in [0.29, 0.717) is 23.0 Å². The SMILES string of the molecule is CC(C)(C)c1cc(-c2nc(-c3cc(C(C)(C)C)cc(C(C)(C)C)c3)nc(-c3ccc(-n4c5ccccc5c5ccccc54)c(-c4ccc(-c5ccc(C#N)cc5)cc4-n4c5ccccc5c5ccccc54)c3)n2)cc(C(C)(C)C)c1. The Kier molecular flexibility index (Phi) is 12.4. The van der Waals surface area contributed by atoms with Crippen LogP contribution in [0.4, 0.5) is 0 Å². The summed E-state index contributed by atoms with van der Waals surface area (Å²) in [6.45, 7) is 27.3. The molecule has 0 spiro atoms. The van der Waals surface area contributed by atoms with Gasteiger partial charge in [0.15, 0.2) is 17.5 Å². The molecule has 0 saturated carbocycles. The first-order chi connectivity index (χ1) is 38.1. The zero-order chi connectivity index (χ0) is 56.0. The summed E-state index contributed by atoms with van der Waals surface area (Å²) < 4.78 is 4.86. The number of aromatic nitrogens is 5. The second kappa shape index (κ2) is 19.2. The molecule has 0 atom stereocenters. The third kappa shape index (κ3) is 9.35. The fourth-order valence-corrected chi connectivity index (χ4v) is 11.3. The van der Waals surface area contributed by atoms with E-state index in [-0.39, 0.29) is 21.7 Å². The lowest BCUT2D eigenvalue weighted by Gasteiger charge is -2.26. The third-order valence-corrected chi connectivity index (χ3v) is 16.0. The van der Waals surface area contributed by atoms with Crippen molar-refractivity contribution >= 4 is 43.6 Å². The van der Waals surface area contributed by atoms with E-state index in [1.165, 1.54) is 43.8 Å². The molecule has 80 heavy (non-hydrogen) atoms. The van der Waals surface area contributed by atoms with Gasteiger partial charge in [0.1, 0.15) is 0 Å². The van der Waals surface area contributed by atoms with Crippen molar-refractivity contribution in [3.8, 4) is 73.9 Å².